The summed E-state index contributed by atoms with van der Waals surface area (Å²) >= 11 is 0. The van der Waals surface area contributed by atoms with Gasteiger partial charge in [-0.2, -0.15) is 0 Å². The van der Waals surface area contributed by atoms with E-state index < -0.39 is 6.03 Å². The summed E-state index contributed by atoms with van der Waals surface area (Å²) in [4.78, 5) is 27.8. The molecule has 3 aromatic rings. The number of urea groups is 1. The number of carbonyl (C=O) groups excluding carboxylic acids is 2. The topological polar surface area (TPSA) is 82.7 Å². The first-order valence-corrected chi connectivity index (χ1v) is 11.2. The molecule has 3 amide bonds. The van der Waals surface area contributed by atoms with Gasteiger partial charge in [0.2, 0.25) is 0 Å². The summed E-state index contributed by atoms with van der Waals surface area (Å²) in [5, 5.41) is 8.46. The van der Waals surface area contributed by atoms with Crippen LogP contribution in [0.25, 0.3) is 0 Å². The molecule has 1 heterocycles. The number of rotatable bonds is 7. The molecule has 3 N–H and O–H groups in total. The van der Waals surface area contributed by atoms with Gasteiger partial charge in [-0.1, -0.05) is 12.1 Å². The van der Waals surface area contributed by atoms with E-state index in [9.17, 15) is 14.0 Å². The minimum atomic E-state index is -0.420. The molecule has 0 radical (unpaired) electrons. The maximum Gasteiger partial charge on any atom is 0.323 e. The van der Waals surface area contributed by atoms with Gasteiger partial charge in [0.25, 0.3) is 5.91 Å². The van der Waals surface area contributed by atoms with Crippen molar-refractivity contribution in [3.63, 3.8) is 0 Å². The molecule has 7 nitrogen and oxygen atoms in total. The fraction of sp³-hybridized carbons (Fsp3) is 0.231. The maximum atomic E-state index is 13.2. The Kier molecular flexibility index (Phi) is 7.27. The molecular weight excluding hydrogens is 435 g/mol. The lowest BCUT2D eigenvalue weighted by Gasteiger charge is -2.22. The Balaban J connectivity index is 1.48. The summed E-state index contributed by atoms with van der Waals surface area (Å²) in [7, 11) is 1.58. The molecule has 1 aliphatic heterocycles. The highest BCUT2D eigenvalue weighted by Crippen LogP contribution is 2.28. The number of ether oxygens (including phenoxy) is 1. The lowest BCUT2D eigenvalue weighted by Crippen LogP contribution is -2.27. The number of methoxy groups -OCH3 is 1. The minimum Gasteiger partial charge on any atom is -0.497 e. The highest BCUT2D eigenvalue weighted by atomic mass is 19.1. The molecule has 0 unspecified atom stereocenters. The smallest absolute Gasteiger partial charge is 0.323 e. The van der Waals surface area contributed by atoms with E-state index >= 15 is 0 Å². The highest BCUT2D eigenvalue weighted by Gasteiger charge is 2.20. The van der Waals surface area contributed by atoms with Crippen LogP contribution in [0.15, 0.2) is 66.7 Å². The van der Waals surface area contributed by atoms with Crippen LogP contribution in [0.1, 0.15) is 28.8 Å². The van der Waals surface area contributed by atoms with E-state index in [1.807, 2.05) is 6.07 Å². The molecule has 34 heavy (non-hydrogen) atoms. The second-order valence-corrected chi connectivity index (χ2v) is 8.04. The minimum absolute atomic E-state index is 0.259. The zero-order valence-corrected chi connectivity index (χ0v) is 18.9. The third kappa shape index (κ3) is 5.83. The van der Waals surface area contributed by atoms with Crippen LogP contribution in [0.5, 0.6) is 5.75 Å². The average Bonchev–Trinajstić information content (AvgIpc) is 3.39. The summed E-state index contributed by atoms with van der Waals surface area (Å²) in [5.41, 5.74) is 3.22. The Bertz CT molecular complexity index is 1140. The van der Waals surface area contributed by atoms with Crippen molar-refractivity contribution in [3.8, 4) is 5.75 Å². The van der Waals surface area contributed by atoms with Gasteiger partial charge in [-0.05, 0) is 73.0 Å². The first-order valence-electron chi connectivity index (χ1n) is 11.2. The molecule has 4 rings (SSSR count). The highest BCUT2D eigenvalue weighted by molar-refractivity contribution is 6.04. The first kappa shape index (κ1) is 23.1. The predicted octanol–water partition coefficient (Wildman–Crippen LogP) is 5.01. The van der Waals surface area contributed by atoms with Crippen LogP contribution in [-0.4, -0.2) is 32.1 Å². The monoisotopic (exact) mass is 462 g/mol. The molecule has 0 aliphatic carbocycles. The number of halogens is 1. The molecule has 0 bridgehead atoms. The Labute approximate surface area is 197 Å². The van der Waals surface area contributed by atoms with Gasteiger partial charge in [0, 0.05) is 36.7 Å². The molecule has 8 heteroatoms. The summed E-state index contributed by atoms with van der Waals surface area (Å²) < 4.78 is 18.3. The van der Waals surface area contributed by atoms with Crippen LogP contribution < -0.4 is 25.6 Å². The first-order chi connectivity index (χ1) is 16.5. The van der Waals surface area contributed by atoms with E-state index in [1.165, 1.54) is 12.1 Å². The van der Waals surface area contributed by atoms with E-state index in [0.717, 1.165) is 37.2 Å². The Morgan fingerprint density at radius 1 is 0.912 bits per heavy atom. The third-order valence-electron chi connectivity index (χ3n) is 5.66. The molecule has 1 fully saturated rings. The SMILES string of the molecule is COc1ccc(NC(=O)Nc2ccc(N3CCCC3)c(C(=O)NCc3ccc(F)cc3)c2)cc1. The van der Waals surface area contributed by atoms with Crippen molar-refractivity contribution >= 4 is 29.0 Å². The van der Waals surface area contributed by atoms with Gasteiger partial charge < -0.3 is 25.6 Å². The van der Waals surface area contributed by atoms with Crippen LogP contribution in [-0.2, 0) is 6.54 Å². The summed E-state index contributed by atoms with van der Waals surface area (Å²) in [5.74, 6) is 0.114. The van der Waals surface area contributed by atoms with E-state index in [0.29, 0.717) is 22.7 Å². The molecule has 3 aromatic carbocycles. The molecular formula is C26H27FN4O3. The number of benzene rings is 3. The Hall–Kier alpha value is -4.07. The average molecular weight is 463 g/mol. The van der Waals surface area contributed by atoms with E-state index in [4.69, 9.17) is 4.74 Å². The number of nitrogens with one attached hydrogen (secondary N) is 3. The lowest BCUT2D eigenvalue weighted by atomic mass is 10.1. The summed E-state index contributed by atoms with van der Waals surface area (Å²) in [6.45, 7) is 2.03. The van der Waals surface area contributed by atoms with Crippen molar-refractivity contribution in [2.24, 2.45) is 0 Å². The van der Waals surface area contributed by atoms with Crippen molar-refractivity contribution in [3.05, 3.63) is 83.7 Å². The van der Waals surface area contributed by atoms with Crippen LogP contribution in [0.2, 0.25) is 0 Å². The van der Waals surface area contributed by atoms with Gasteiger partial charge >= 0.3 is 6.03 Å². The van der Waals surface area contributed by atoms with Gasteiger partial charge in [0.1, 0.15) is 11.6 Å². The number of nitrogens with zero attached hydrogens (tertiary/aromatic N) is 1. The summed E-state index contributed by atoms with van der Waals surface area (Å²) in [6, 6.07) is 17.9. The number of carbonyl (C=O) groups is 2. The molecule has 0 atom stereocenters. The number of anilines is 3. The van der Waals surface area contributed by atoms with Gasteiger partial charge in [-0.15, -0.1) is 0 Å². The van der Waals surface area contributed by atoms with Crippen molar-refractivity contribution in [1.29, 1.82) is 0 Å². The second kappa shape index (κ2) is 10.7. The molecule has 1 aliphatic rings. The standard InChI is InChI=1S/C26H27FN4O3/c1-34-22-11-8-20(9-12-22)29-26(33)30-21-10-13-24(31-14-2-3-15-31)23(16-21)25(32)28-17-18-4-6-19(27)7-5-18/h4-13,16H,2-3,14-15,17H2,1H3,(H,28,32)(H2,29,30,33). The van der Waals surface area contributed by atoms with Crippen molar-refractivity contribution < 1.29 is 18.7 Å². The van der Waals surface area contributed by atoms with E-state index in [1.54, 1.807) is 55.6 Å². The van der Waals surface area contributed by atoms with Gasteiger partial charge in [-0.25, -0.2) is 9.18 Å². The zero-order valence-electron chi connectivity index (χ0n) is 18.9. The van der Waals surface area contributed by atoms with Crippen molar-refractivity contribution in [2.45, 2.75) is 19.4 Å². The quantitative estimate of drug-likeness (QED) is 0.461. The fourth-order valence-electron chi connectivity index (χ4n) is 3.88. The molecule has 1 saturated heterocycles. The third-order valence-corrected chi connectivity index (χ3v) is 5.66. The van der Waals surface area contributed by atoms with Gasteiger partial charge in [0.15, 0.2) is 0 Å². The fourth-order valence-corrected chi connectivity index (χ4v) is 3.88. The largest absolute Gasteiger partial charge is 0.497 e. The lowest BCUT2D eigenvalue weighted by molar-refractivity contribution is 0.0951. The number of hydrogen-bond donors (Lipinski definition) is 3. The van der Waals surface area contributed by atoms with Crippen LogP contribution in [0, 0.1) is 5.82 Å². The normalized spacial score (nSPS) is 12.8. The van der Waals surface area contributed by atoms with Crippen LogP contribution >= 0.6 is 0 Å². The van der Waals surface area contributed by atoms with Crippen LogP contribution in [0.4, 0.5) is 26.2 Å². The maximum absolute atomic E-state index is 13.2. The van der Waals surface area contributed by atoms with Crippen molar-refractivity contribution in [2.75, 3.05) is 35.7 Å². The predicted molar refractivity (Wildman–Crippen MR) is 131 cm³/mol. The Morgan fingerprint density at radius 2 is 1.56 bits per heavy atom. The van der Waals surface area contributed by atoms with Gasteiger partial charge in [-0.3, -0.25) is 4.79 Å². The van der Waals surface area contributed by atoms with Crippen LogP contribution in [0.3, 0.4) is 0 Å². The molecule has 0 saturated carbocycles. The zero-order chi connectivity index (χ0) is 23.9. The Morgan fingerprint density at radius 3 is 2.24 bits per heavy atom. The molecule has 0 spiro atoms. The second-order valence-electron chi connectivity index (χ2n) is 8.04. The molecule has 0 aromatic heterocycles. The summed E-state index contributed by atoms with van der Waals surface area (Å²) in [6.07, 6.45) is 2.14. The van der Waals surface area contributed by atoms with Gasteiger partial charge in [0.05, 0.1) is 12.7 Å². The number of hydrogen-bond acceptors (Lipinski definition) is 4. The number of amides is 3. The molecule has 176 valence electrons. The van der Waals surface area contributed by atoms with Crippen molar-refractivity contribution in [1.82, 2.24) is 5.32 Å². The van der Waals surface area contributed by atoms with E-state index in [2.05, 4.69) is 20.9 Å². The van der Waals surface area contributed by atoms with E-state index in [-0.39, 0.29) is 18.3 Å².